The molecule has 2 rings (SSSR count). The largest absolute Gasteiger partial charge is 0.339 e. The van der Waals surface area contributed by atoms with Gasteiger partial charge in [0.2, 0.25) is 5.91 Å². The first-order valence-electron chi connectivity index (χ1n) is 8.11. The van der Waals surface area contributed by atoms with Crippen molar-refractivity contribution in [2.45, 2.75) is 18.7 Å². The lowest BCUT2D eigenvalue weighted by Gasteiger charge is -2.18. The summed E-state index contributed by atoms with van der Waals surface area (Å²) in [6.45, 7) is 5.25. The van der Waals surface area contributed by atoms with Crippen molar-refractivity contribution >= 4 is 40.9 Å². The number of nitrogens with zero attached hydrogens (tertiary/aromatic N) is 1. The third-order valence-corrected chi connectivity index (χ3v) is 4.86. The molecular formula is C19H21ClN2O2S. The molecule has 0 saturated heterocycles. The van der Waals surface area contributed by atoms with Crippen molar-refractivity contribution in [2.24, 2.45) is 0 Å². The third kappa shape index (κ3) is 5.80. The quantitative estimate of drug-likeness (QED) is 0.721. The van der Waals surface area contributed by atoms with Crippen molar-refractivity contribution < 1.29 is 9.59 Å². The Hall–Kier alpha value is -1.98. The molecule has 132 valence electrons. The van der Waals surface area contributed by atoms with Crippen molar-refractivity contribution in [3.8, 4) is 0 Å². The van der Waals surface area contributed by atoms with Gasteiger partial charge in [-0.15, -0.1) is 11.8 Å². The maximum absolute atomic E-state index is 12.3. The normalized spacial score (nSPS) is 10.4. The minimum atomic E-state index is -0.104. The monoisotopic (exact) mass is 376 g/mol. The summed E-state index contributed by atoms with van der Waals surface area (Å²) in [5.74, 6) is 0.188. The van der Waals surface area contributed by atoms with Gasteiger partial charge in [0, 0.05) is 34.3 Å². The van der Waals surface area contributed by atoms with Gasteiger partial charge in [0.1, 0.15) is 0 Å². The highest BCUT2D eigenvalue weighted by atomic mass is 35.5. The number of benzene rings is 2. The van der Waals surface area contributed by atoms with Gasteiger partial charge < -0.3 is 10.2 Å². The van der Waals surface area contributed by atoms with E-state index in [0.717, 1.165) is 4.90 Å². The topological polar surface area (TPSA) is 49.4 Å². The van der Waals surface area contributed by atoms with E-state index in [1.807, 2.05) is 32.0 Å². The van der Waals surface area contributed by atoms with Crippen LogP contribution in [0.15, 0.2) is 53.4 Å². The second-order valence-corrected chi connectivity index (χ2v) is 6.83. The van der Waals surface area contributed by atoms with Gasteiger partial charge >= 0.3 is 0 Å². The smallest absolute Gasteiger partial charge is 0.253 e. The van der Waals surface area contributed by atoms with Crippen LogP contribution in [0.3, 0.4) is 0 Å². The summed E-state index contributed by atoms with van der Waals surface area (Å²) in [4.78, 5) is 27.0. The minimum Gasteiger partial charge on any atom is -0.339 e. The van der Waals surface area contributed by atoms with E-state index in [0.29, 0.717) is 35.1 Å². The first-order chi connectivity index (χ1) is 12.0. The standard InChI is InChI=1S/C19H21ClN2O2S/c1-3-22(4-2)19(24)14-8-10-16(11-9-14)21-18(23)13-25-17-7-5-6-15(20)12-17/h5-12H,3-4,13H2,1-2H3,(H,21,23). The third-order valence-electron chi connectivity index (χ3n) is 3.63. The highest BCUT2D eigenvalue weighted by molar-refractivity contribution is 8.00. The molecule has 0 spiro atoms. The molecule has 25 heavy (non-hydrogen) atoms. The number of carbonyl (C=O) groups excluding carboxylic acids is 2. The molecule has 0 radical (unpaired) electrons. The van der Waals surface area contributed by atoms with Crippen molar-refractivity contribution in [3.63, 3.8) is 0 Å². The summed E-state index contributed by atoms with van der Waals surface area (Å²) in [7, 11) is 0. The Morgan fingerprint density at radius 1 is 1.08 bits per heavy atom. The number of nitrogens with one attached hydrogen (secondary N) is 1. The number of thioether (sulfide) groups is 1. The number of hydrogen-bond donors (Lipinski definition) is 1. The van der Waals surface area contributed by atoms with Gasteiger partial charge in [0.15, 0.2) is 0 Å². The Morgan fingerprint density at radius 3 is 2.36 bits per heavy atom. The van der Waals surface area contributed by atoms with Crippen LogP contribution in [0, 0.1) is 0 Å². The Bertz CT molecular complexity index is 730. The lowest BCUT2D eigenvalue weighted by molar-refractivity contribution is -0.113. The molecule has 1 N–H and O–H groups in total. The highest BCUT2D eigenvalue weighted by Gasteiger charge is 2.12. The Balaban J connectivity index is 1.90. The summed E-state index contributed by atoms with van der Waals surface area (Å²) in [5.41, 5.74) is 1.29. The number of carbonyl (C=O) groups is 2. The van der Waals surface area contributed by atoms with Crippen LogP contribution in [-0.4, -0.2) is 35.6 Å². The Labute approximate surface area is 157 Å². The Kier molecular flexibility index (Phi) is 7.34. The van der Waals surface area contributed by atoms with Crippen LogP contribution in [0.4, 0.5) is 5.69 Å². The van der Waals surface area contributed by atoms with Crippen molar-refractivity contribution in [1.29, 1.82) is 0 Å². The van der Waals surface area contributed by atoms with Gasteiger partial charge in [0.05, 0.1) is 5.75 Å². The fraction of sp³-hybridized carbons (Fsp3) is 0.263. The first-order valence-corrected chi connectivity index (χ1v) is 9.47. The Morgan fingerprint density at radius 2 is 1.76 bits per heavy atom. The molecule has 2 aromatic rings. The zero-order valence-electron chi connectivity index (χ0n) is 14.3. The molecule has 0 aromatic heterocycles. The number of rotatable bonds is 7. The predicted octanol–water partition coefficient (Wildman–Crippen LogP) is 4.55. The molecule has 0 saturated carbocycles. The van der Waals surface area contributed by atoms with E-state index in [4.69, 9.17) is 11.6 Å². The number of halogens is 1. The average Bonchev–Trinajstić information content (AvgIpc) is 2.61. The van der Waals surface area contributed by atoms with Crippen LogP contribution in [0.1, 0.15) is 24.2 Å². The number of hydrogen-bond acceptors (Lipinski definition) is 3. The molecular weight excluding hydrogens is 356 g/mol. The number of amides is 2. The molecule has 0 fully saturated rings. The van der Waals surface area contributed by atoms with E-state index in [-0.39, 0.29) is 11.8 Å². The van der Waals surface area contributed by atoms with Crippen molar-refractivity contribution in [3.05, 3.63) is 59.1 Å². The highest BCUT2D eigenvalue weighted by Crippen LogP contribution is 2.22. The maximum Gasteiger partial charge on any atom is 0.253 e. The summed E-state index contributed by atoms with van der Waals surface area (Å²) < 4.78 is 0. The van der Waals surface area contributed by atoms with E-state index >= 15 is 0 Å². The zero-order valence-corrected chi connectivity index (χ0v) is 15.9. The first kappa shape index (κ1) is 19.3. The van der Waals surface area contributed by atoms with Crippen LogP contribution in [0.25, 0.3) is 0 Å². The summed E-state index contributed by atoms with van der Waals surface area (Å²) >= 11 is 7.35. The van der Waals surface area contributed by atoms with Gasteiger partial charge in [-0.25, -0.2) is 0 Å². The van der Waals surface area contributed by atoms with E-state index in [1.165, 1.54) is 11.8 Å². The molecule has 0 aliphatic carbocycles. The molecule has 0 atom stereocenters. The average molecular weight is 377 g/mol. The van der Waals surface area contributed by atoms with Crippen LogP contribution >= 0.6 is 23.4 Å². The lowest BCUT2D eigenvalue weighted by atomic mass is 10.2. The molecule has 4 nitrogen and oxygen atoms in total. The van der Waals surface area contributed by atoms with Crippen LogP contribution in [0.2, 0.25) is 5.02 Å². The van der Waals surface area contributed by atoms with Gasteiger partial charge in [-0.05, 0) is 56.3 Å². The SMILES string of the molecule is CCN(CC)C(=O)c1ccc(NC(=O)CSc2cccc(Cl)c2)cc1. The van der Waals surface area contributed by atoms with E-state index in [9.17, 15) is 9.59 Å². The minimum absolute atomic E-state index is 0.000566. The molecule has 0 unspecified atom stereocenters. The molecule has 0 heterocycles. The van der Waals surface area contributed by atoms with Gasteiger partial charge in [-0.1, -0.05) is 17.7 Å². The second-order valence-electron chi connectivity index (χ2n) is 5.35. The van der Waals surface area contributed by atoms with Crippen LogP contribution in [-0.2, 0) is 4.79 Å². The second kappa shape index (κ2) is 9.49. The van der Waals surface area contributed by atoms with Crippen LogP contribution in [0.5, 0.6) is 0 Å². The van der Waals surface area contributed by atoms with Crippen LogP contribution < -0.4 is 5.32 Å². The molecule has 2 aromatic carbocycles. The maximum atomic E-state index is 12.3. The molecule has 0 aliphatic rings. The molecule has 2 amide bonds. The lowest BCUT2D eigenvalue weighted by Crippen LogP contribution is -2.30. The summed E-state index contributed by atoms with van der Waals surface area (Å²) in [6, 6.07) is 14.4. The predicted molar refractivity (Wildman–Crippen MR) is 104 cm³/mol. The van der Waals surface area contributed by atoms with Gasteiger partial charge in [0.25, 0.3) is 5.91 Å². The zero-order chi connectivity index (χ0) is 18.2. The summed E-state index contributed by atoms with van der Waals surface area (Å²) in [5, 5.41) is 3.48. The van der Waals surface area contributed by atoms with Crippen molar-refractivity contribution in [1.82, 2.24) is 4.90 Å². The molecule has 6 heteroatoms. The van der Waals surface area contributed by atoms with E-state index < -0.39 is 0 Å². The number of anilines is 1. The van der Waals surface area contributed by atoms with Crippen molar-refractivity contribution in [2.75, 3.05) is 24.2 Å². The fourth-order valence-corrected chi connectivity index (χ4v) is 3.30. The van der Waals surface area contributed by atoms with E-state index in [1.54, 1.807) is 35.2 Å². The fourth-order valence-electron chi connectivity index (χ4n) is 2.29. The van der Waals surface area contributed by atoms with Gasteiger partial charge in [-0.2, -0.15) is 0 Å². The summed E-state index contributed by atoms with van der Waals surface area (Å²) in [6.07, 6.45) is 0. The van der Waals surface area contributed by atoms with E-state index in [2.05, 4.69) is 5.32 Å². The van der Waals surface area contributed by atoms with Gasteiger partial charge in [-0.3, -0.25) is 9.59 Å². The molecule has 0 bridgehead atoms. The molecule has 0 aliphatic heterocycles.